The Hall–Kier alpha value is -5.38. The van der Waals surface area contributed by atoms with E-state index < -0.39 is 115 Å². The molecule has 13 N–H and O–H groups in total. The molecule has 3 rings (SSSR count). The fourth-order valence-electron chi connectivity index (χ4n) is 5.82. The lowest BCUT2D eigenvalue weighted by Gasteiger charge is -2.30. The number of carboxylic acids is 3. The van der Waals surface area contributed by atoms with Crippen LogP contribution in [-0.2, 0) is 43.2 Å². The molecule has 2 aliphatic rings. The number of benzene rings is 1. The predicted molar refractivity (Wildman–Crippen MR) is 223 cm³/mol. The number of fused-ring (bicyclic) bond motifs is 1. The van der Waals surface area contributed by atoms with E-state index in [0.717, 1.165) is 30.1 Å². The number of guanidine groups is 1. The van der Waals surface area contributed by atoms with E-state index in [0.29, 0.717) is 0 Å². The molecule has 23 nitrogen and oxygen atoms in total. The van der Waals surface area contributed by atoms with Gasteiger partial charge in [0.05, 0.1) is 19.4 Å². The number of carboxylic acid groups (broad SMARTS) is 3. The van der Waals surface area contributed by atoms with Crippen LogP contribution >= 0.6 is 44.2 Å². The number of halogens is 1. The molecule has 328 valence electrons. The molecule has 0 bridgehead atoms. The Morgan fingerprint density at radius 2 is 1.45 bits per heavy atom. The molecule has 2 fully saturated rings. The van der Waals surface area contributed by atoms with Crippen LogP contribution < -0.4 is 43.4 Å². The molecule has 2 saturated heterocycles. The minimum atomic E-state index is -1.79. The van der Waals surface area contributed by atoms with E-state index in [1.54, 1.807) is 12.1 Å². The molecule has 60 heavy (non-hydrogen) atoms. The summed E-state index contributed by atoms with van der Waals surface area (Å²) in [4.78, 5) is 135. The number of aliphatic carboxylic acids is 3. The predicted octanol–water partition coefficient (Wildman–Crippen LogP) is -3.08. The number of rotatable bonds is 11. The van der Waals surface area contributed by atoms with Gasteiger partial charge >= 0.3 is 17.9 Å². The van der Waals surface area contributed by atoms with E-state index in [4.69, 9.17) is 11.5 Å². The Kier molecular flexibility index (Phi) is 19.6. The van der Waals surface area contributed by atoms with Crippen molar-refractivity contribution in [2.24, 2.45) is 16.5 Å². The molecule has 2 heterocycles. The van der Waals surface area contributed by atoms with Crippen molar-refractivity contribution in [3.05, 3.63) is 33.4 Å². The third kappa shape index (κ3) is 16.0. The monoisotopic (exact) mass is 992 g/mol. The summed E-state index contributed by atoms with van der Waals surface area (Å²) in [6.45, 7) is -0.818. The number of nitrogens with zero attached hydrogens (tertiary/aromatic N) is 2. The van der Waals surface area contributed by atoms with Crippen LogP contribution in [0.2, 0.25) is 0 Å². The van der Waals surface area contributed by atoms with Gasteiger partial charge in [-0.05, 0) is 72.5 Å². The quantitative estimate of drug-likeness (QED) is 0.0344. The second-order valence-corrected chi connectivity index (χ2v) is 17.1. The van der Waals surface area contributed by atoms with Gasteiger partial charge in [0.1, 0.15) is 36.3 Å². The molecular formula is C34H45IN10O13S2. The van der Waals surface area contributed by atoms with Crippen molar-refractivity contribution in [2.75, 3.05) is 31.1 Å². The normalized spacial score (nSPS) is 24.0. The zero-order valence-corrected chi connectivity index (χ0v) is 35.5. The number of amides is 7. The van der Waals surface area contributed by atoms with Crippen LogP contribution in [0.5, 0.6) is 0 Å². The van der Waals surface area contributed by atoms with E-state index >= 15 is 0 Å². The van der Waals surface area contributed by atoms with Crippen LogP contribution in [0.25, 0.3) is 0 Å². The third-order valence-corrected chi connectivity index (χ3v) is 11.9. The number of nitrogens with one attached hydrogen (secondary N) is 6. The molecule has 6 atom stereocenters. The summed E-state index contributed by atoms with van der Waals surface area (Å²) in [7, 11) is 1.71. The van der Waals surface area contributed by atoms with E-state index in [-0.39, 0.29) is 61.8 Å². The van der Waals surface area contributed by atoms with Gasteiger partial charge in [0.25, 0.3) is 5.91 Å². The highest BCUT2D eigenvalue weighted by atomic mass is 127. The minimum Gasteiger partial charge on any atom is -0.481 e. The SMILES string of the molecule is NC(N)=NCCC[C@@H]1NC(=O)[C@@H]2CCCN2C(=O)[C@H](CC(=O)O)NC(=O)C(NC(=O)c2ccc(I)cc2)CSSC[C@@H](C(=O)O)NC(=O)[C@H](CC(=O)O)NC(=O)CNC1=O. The fourth-order valence-corrected chi connectivity index (χ4v) is 8.49. The lowest BCUT2D eigenvalue weighted by atomic mass is 10.1. The topological polar surface area (TPSA) is 371 Å². The molecule has 0 spiro atoms. The molecule has 7 amide bonds. The highest BCUT2D eigenvalue weighted by Crippen LogP contribution is 2.24. The van der Waals surface area contributed by atoms with E-state index in [1.807, 2.05) is 22.6 Å². The van der Waals surface area contributed by atoms with Crippen LogP contribution in [0, 0.1) is 3.57 Å². The third-order valence-electron chi connectivity index (χ3n) is 8.76. The number of carbonyl (C=O) groups is 10. The first kappa shape index (κ1) is 49.0. The molecule has 1 unspecified atom stereocenters. The van der Waals surface area contributed by atoms with Crippen molar-refractivity contribution in [1.82, 2.24) is 36.8 Å². The fraction of sp³-hybridized carbons (Fsp3) is 0.500. The van der Waals surface area contributed by atoms with Gasteiger partial charge in [-0.2, -0.15) is 0 Å². The smallest absolute Gasteiger partial charge is 0.327 e. The second-order valence-electron chi connectivity index (χ2n) is 13.3. The maximum Gasteiger partial charge on any atom is 0.327 e. The molecule has 26 heteroatoms. The number of nitrogens with two attached hydrogens (primary N) is 2. The van der Waals surface area contributed by atoms with Crippen molar-refractivity contribution in [3.8, 4) is 0 Å². The first-order valence-electron chi connectivity index (χ1n) is 18.2. The van der Waals surface area contributed by atoms with Gasteiger partial charge in [0.15, 0.2) is 5.96 Å². The van der Waals surface area contributed by atoms with Crippen LogP contribution in [0.4, 0.5) is 0 Å². The Bertz CT molecular complexity index is 1840. The highest BCUT2D eigenvalue weighted by Gasteiger charge is 2.40. The molecule has 0 aliphatic carbocycles. The van der Waals surface area contributed by atoms with Crippen molar-refractivity contribution >= 4 is 109 Å². The first-order chi connectivity index (χ1) is 28.4. The Morgan fingerprint density at radius 3 is 2.08 bits per heavy atom. The summed E-state index contributed by atoms with van der Waals surface area (Å²) in [6, 6.07) is -2.99. The van der Waals surface area contributed by atoms with Gasteiger partial charge in [-0.1, -0.05) is 21.6 Å². The number of hydrogen-bond acceptors (Lipinski definition) is 13. The van der Waals surface area contributed by atoms with Crippen LogP contribution in [0.3, 0.4) is 0 Å². The maximum atomic E-state index is 14.0. The Balaban J connectivity index is 2.01. The molecule has 1 aromatic rings. The van der Waals surface area contributed by atoms with Gasteiger partial charge in [0.2, 0.25) is 35.4 Å². The van der Waals surface area contributed by atoms with Gasteiger partial charge < -0.3 is 63.6 Å². The van der Waals surface area contributed by atoms with Crippen LogP contribution in [0.1, 0.15) is 48.9 Å². The lowest BCUT2D eigenvalue weighted by Crippen LogP contribution is -2.59. The zero-order chi connectivity index (χ0) is 44.5. The number of carbonyl (C=O) groups excluding carboxylic acids is 7. The molecule has 2 aliphatic heterocycles. The Labute approximate surface area is 363 Å². The summed E-state index contributed by atoms with van der Waals surface area (Å²) >= 11 is 2.03. The van der Waals surface area contributed by atoms with Crippen LogP contribution in [0.15, 0.2) is 29.3 Å². The molecule has 0 radical (unpaired) electrons. The number of hydrogen-bond donors (Lipinski definition) is 11. The Morgan fingerprint density at radius 1 is 0.817 bits per heavy atom. The van der Waals surface area contributed by atoms with Crippen molar-refractivity contribution in [3.63, 3.8) is 0 Å². The second kappa shape index (κ2) is 24.0. The molecule has 0 saturated carbocycles. The summed E-state index contributed by atoms with van der Waals surface area (Å²) in [5.41, 5.74) is 10.9. The largest absolute Gasteiger partial charge is 0.481 e. The van der Waals surface area contributed by atoms with Crippen molar-refractivity contribution < 1.29 is 63.3 Å². The minimum absolute atomic E-state index is 0.0274. The zero-order valence-electron chi connectivity index (χ0n) is 31.7. The van der Waals surface area contributed by atoms with E-state index in [9.17, 15) is 63.3 Å². The van der Waals surface area contributed by atoms with Gasteiger partial charge in [-0.3, -0.25) is 48.1 Å². The van der Waals surface area contributed by atoms with Gasteiger partial charge in [-0.25, -0.2) is 4.79 Å². The van der Waals surface area contributed by atoms with Crippen molar-refractivity contribution in [1.29, 1.82) is 0 Å². The number of aliphatic imine (C=N–C) groups is 1. The molecular weight excluding hydrogens is 947 g/mol. The lowest BCUT2D eigenvalue weighted by molar-refractivity contribution is -0.146. The van der Waals surface area contributed by atoms with Crippen molar-refractivity contribution in [2.45, 2.75) is 74.8 Å². The molecule has 0 aromatic heterocycles. The maximum absolute atomic E-state index is 14.0. The van der Waals surface area contributed by atoms with E-state index in [1.165, 1.54) is 12.1 Å². The average Bonchev–Trinajstić information content (AvgIpc) is 3.67. The summed E-state index contributed by atoms with van der Waals surface area (Å²) in [5, 5.41) is 43.1. The standard InChI is InChI=1S/C34H45IN10O13S2/c35-17-7-5-16(6-8-17)27(51)43-21-14-59-60-15-22(33(57)58)44-29(53)19(11-25(47)48)40-24(46)13-39-28(52)18(3-1-9-38-34(36)37)41-31(55)23-4-2-10-45(23)32(56)20(12-26(49)50)42-30(21)54/h5-8,18-23H,1-4,9-15H2,(H,39,52)(H,40,46)(H,41,55)(H,42,54)(H,43,51)(H,44,53)(H,47,48)(H,49,50)(H,57,58)(H4,36,37,38)/t18-,19-,20-,21?,22-,23-/m0/s1. The molecule has 1 aromatic carbocycles. The van der Waals surface area contributed by atoms with Gasteiger partial charge in [0, 0.05) is 33.7 Å². The van der Waals surface area contributed by atoms with Crippen LogP contribution in [-0.4, -0.2) is 153 Å². The van der Waals surface area contributed by atoms with E-state index in [2.05, 4.69) is 36.9 Å². The highest BCUT2D eigenvalue weighted by molar-refractivity contribution is 14.1. The average molecular weight is 993 g/mol. The van der Waals surface area contributed by atoms with Gasteiger partial charge in [-0.15, -0.1) is 0 Å². The summed E-state index contributed by atoms with van der Waals surface area (Å²) in [5.74, 6) is -12.1. The summed E-state index contributed by atoms with van der Waals surface area (Å²) in [6.07, 6.45) is -1.49. The first-order valence-corrected chi connectivity index (χ1v) is 21.7. The summed E-state index contributed by atoms with van der Waals surface area (Å²) < 4.78 is 0.806.